The summed E-state index contributed by atoms with van der Waals surface area (Å²) in [4.78, 5) is 12.4. The third-order valence-corrected chi connectivity index (χ3v) is 3.04. The molecule has 0 atom stereocenters. The number of amides is 1. The Kier molecular flexibility index (Phi) is 3.92. The van der Waals surface area contributed by atoms with Crippen LogP contribution in [-0.2, 0) is 20.5 Å². The molecular weight excluding hydrogens is 274 g/mol. The fourth-order valence-corrected chi connectivity index (χ4v) is 1.99. The third kappa shape index (κ3) is 2.71. The van der Waals surface area contributed by atoms with Gasteiger partial charge in [0, 0.05) is 20.3 Å². The average Bonchev–Trinajstić information content (AvgIpc) is 3.02. The van der Waals surface area contributed by atoms with Crippen molar-refractivity contribution in [3.05, 3.63) is 29.2 Å². The van der Waals surface area contributed by atoms with Gasteiger partial charge in [-0.15, -0.1) is 0 Å². The molecule has 2 aromatic heterocycles. The Balaban J connectivity index is 2.34. The number of aromatic nitrogens is 4. The van der Waals surface area contributed by atoms with E-state index in [0.29, 0.717) is 29.1 Å². The summed E-state index contributed by atoms with van der Waals surface area (Å²) in [5, 5.41) is 22.6. The zero-order chi connectivity index (χ0) is 15.6. The Morgan fingerprint density at radius 3 is 2.81 bits per heavy atom. The number of oxime groups is 1. The number of rotatable bonds is 4. The fraction of sp³-hybridized carbons (Fsp3) is 0.333. The molecule has 0 unspecified atom stereocenters. The van der Waals surface area contributed by atoms with Crippen molar-refractivity contribution in [3.8, 4) is 0 Å². The van der Waals surface area contributed by atoms with Gasteiger partial charge in [-0.3, -0.25) is 14.2 Å². The molecule has 0 aromatic carbocycles. The van der Waals surface area contributed by atoms with Crippen molar-refractivity contribution in [1.82, 2.24) is 19.6 Å². The van der Waals surface area contributed by atoms with Gasteiger partial charge < -0.3 is 16.3 Å². The molecule has 0 fully saturated rings. The Labute approximate surface area is 121 Å². The second kappa shape index (κ2) is 5.65. The van der Waals surface area contributed by atoms with Crippen LogP contribution in [0.3, 0.4) is 0 Å². The van der Waals surface area contributed by atoms with Crippen molar-refractivity contribution in [1.29, 1.82) is 0 Å². The van der Waals surface area contributed by atoms with Crippen LogP contribution >= 0.6 is 0 Å². The monoisotopic (exact) mass is 291 g/mol. The summed E-state index contributed by atoms with van der Waals surface area (Å²) in [6, 6.07) is 0. The van der Waals surface area contributed by atoms with Crippen LogP contribution in [-0.4, -0.2) is 36.5 Å². The van der Waals surface area contributed by atoms with Gasteiger partial charge in [-0.25, -0.2) is 0 Å². The highest BCUT2D eigenvalue weighted by atomic mass is 16.4. The summed E-state index contributed by atoms with van der Waals surface area (Å²) >= 11 is 0. The minimum Gasteiger partial charge on any atom is -0.409 e. The van der Waals surface area contributed by atoms with Crippen LogP contribution in [0.15, 0.2) is 17.5 Å². The first-order valence-electron chi connectivity index (χ1n) is 6.31. The minimum atomic E-state index is -0.324. The van der Waals surface area contributed by atoms with Crippen LogP contribution in [0.1, 0.15) is 28.5 Å². The molecule has 0 bridgehead atoms. The zero-order valence-electron chi connectivity index (χ0n) is 12.0. The molecule has 0 saturated carbocycles. The molecule has 112 valence electrons. The predicted molar refractivity (Wildman–Crippen MR) is 76.3 cm³/mol. The van der Waals surface area contributed by atoms with E-state index in [0.717, 1.165) is 0 Å². The van der Waals surface area contributed by atoms with Gasteiger partial charge in [-0.2, -0.15) is 10.2 Å². The first-order chi connectivity index (χ1) is 9.97. The number of nitrogens with zero attached hydrogens (tertiary/aromatic N) is 5. The summed E-state index contributed by atoms with van der Waals surface area (Å²) < 4.78 is 3.02. The molecule has 9 heteroatoms. The second-order valence-electron chi connectivity index (χ2n) is 4.49. The molecule has 2 aromatic rings. The zero-order valence-corrected chi connectivity index (χ0v) is 12.0. The van der Waals surface area contributed by atoms with Crippen LogP contribution in [0.5, 0.6) is 0 Å². The lowest BCUT2D eigenvalue weighted by molar-refractivity contribution is 0.102. The molecule has 0 saturated heterocycles. The Morgan fingerprint density at radius 1 is 1.48 bits per heavy atom. The molecule has 1 amide bonds. The maximum Gasteiger partial charge on any atom is 0.260 e. The van der Waals surface area contributed by atoms with E-state index in [4.69, 9.17) is 10.9 Å². The highest BCUT2D eigenvalue weighted by Crippen LogP contribution is 2.16. The lowest BCUT2D eigenvalue weighted by Crippen LogP contribution is -2.20. The molecule has 2 heterocycles. The SMILES string of the molecule is CCc1nn(C)cc1C(=O)Nc1c(/C(N)=N/O)cnn1C. The van der Waals surface area contributed by atoms with E-state index in [2.05, 4.69) is 20.7 Å². The van der Waals surface area contributed by atoms with Crippen molar-refractivity contribution in [2.45, 2.75) is 13.3 Å². The lowest BCUT2D eigenvalue weighted by Gasteiger charge is -2.07. The second-order valence-corrected chi connectivity index (χ2v) is 4.49. The quantitative estimate of drug-likeness (QED) is 0.318. The number of nitrogens with two attached hydrogens (primary N) is 1. The van der Waals surface area contributed by atoms with Gasteiger partial charge in [-0.1, -0.05) is 12.1 Å². The predicted octanol–water partition coefficient (Wildman–Crippen LogP) is 0.0628. The number of aryl methyl sites for hydroxylation is 3. The average molecular weight is 291 g/mol. The highest BCUT2D eigenvalue weighted by molar-refractivity contribution is 6.09. The van der Waals surface area contributed by atoms with Crippen LogP contribution < -0.4 is 11.1 Å². The number of carbonyl (C=O) groups excluding carboxylic acids is 1. The number of anilines is 1. The topological polar surface area (TPSA) is 123 Å². The summed E-state index contributed by atoms with van der Waals surface area (Å²) in [6.45, 7) is 1.92. The van der Waals surface area contributed by atoms with Crippen LogP contribution in [0.25, 0.3) is 0 Å². The normalized spacial score (nSPS) is 11.7. The maximum absolute atomic E-state index is 12.4. The van der Waals surface area contributed by atoms with E-state index < -0.39 is 0 Å². The standard InChI is InChI=1S/C12H17N7O2/c1-4-9-8(6-18(2)16-9)12(20)15-11-7(10(13)17-21)5-14-19(11)3/h5-6,21H,4H2,1-3H3,(H2,13,17)(H,15,20). The van der Waals surface area contributed by atoms with E-state index in [1.807, 2.05) is 6.92 Å². The smallest absolute Gasteiger partial charge is 0.260 e. The number of hydrogen-bond acceptors (Lipinski definition) is 5. The molecular formula is C12H17N7O2. The minimum absolute atomic E-state index is 0.125. The van der Waals surface area contributed by atoms with Gasteiger partial charge in [-0.05, 0) is 6.42 Å². The first kappa shape index (κ1) is 14.6. The van der Waals surface area contributed by atoms with Gasteiger partial charge in [0.05, 0.1) is 23.0 Å². The maximum atomic E-state index is 12.4. The van der Waals surface area contributed by atoms with E-state index in [1.54, 1.807) is 25.0 Å². The molecule has 0 radical (unpaired) electrons. The van der Waals surface area contributed by atoms with Crippen LogP contribution in [0.4, 0.5) is 5.82 Å². The molecule has 0 spiro atoms. The Morgan fingerprint density at radius 2 is 2.19 bits per heavy atom. The first-order valence-corrected chi connectivity index (χ1v) is 6.31. The molecule has 4 N–H and O–H groups in total. The molecule has 21 heavy (non-hydrogen) atoms. The summed E-state index contributed by atoms with van der Waals surface area (Å²) in [5.41, 5.74) is 7.08. The van der Waals surface area contributed by atoms with Crippen molar-refractivity contribution < 1.29 is 10.0 Å². The van der Waals surface area contributed by atoms with E-state index in [-0.39, 0.29) is 11.7 Å². The van der Waals surface area contributed by atoms with Crippen molar-refractivity contribution in [3.63, 3.8) is 0 Å². The van der Waals surface area contributed by atoms with Gasteiger partial charge in [0.1, 0.15) is 5.82 Å². The summed E-state index contributed by atoms with van der Waals surface area (Å²) in [7, 11) is 3.40. The number of nitrogens with one attached hydrogen (secondary N) is 1. The van der Waals surface area contributed by atoms with Gasteiger partial charge in [0.25, 0.3) is 5.91 Å². The number of carbonyl (C=O) groups is 1. The molecule has 2 rings (SSSR count). The number of amidine groups is 1. The van der Waals surface area contributed by atoms with Gasteiger partial charge >= 0.3 is 0 Å². The van der Waals surface area contributed by atoms with Crippen molar-refractivity contribution in [2.75, 3.05) is 5.32 Å². The molecule has 0 aliphatic rings. The van der Waals surface area contributed by atoms with Crippen molar-refractivity contribution >= 4 is 17.6 Å². The van der Waals surface area contributed by atoms with Gasteiger partial charge in [0.2, 0.25) is 0 Å². The summed E-state index contributed by atoms with van der Waals surface area (Å²) in [6.07, 6.45) is 3.70. The fourth-order valence-electron chi connectivity index (χ4n) is 1.99. The molecule has 9 nitrogen and oxygen atoms in total. The molecule has 0 aliphatic carbocycles. The van der Waals surface area contributed by atoms with Crippen molar-refractivity contribution in [2.24, 2.45) is 25.0 Å². The summed E-state index contributed by atoms with van der Waals surface area (Å²) in [5.74, 6) is -0.1000. The van der Waals surface area contributed by atoms with Crippen LogP contribution in [0.2, 0.25) is 0 Å². The Bertz CT molecular complexity index is 699. The van der Waals surface area contributed by atoms with E-state index >= 15 is 0 Å². The Hall–Kier alpha value is -2.84. The molecule has 0 aliphatic heterocycles. The highest BCUT2D eigenvalue weighted by Gasteiger charge is 2.19. The van der Waals surface area contributed by atoms with Gasteiger partial charge in [0.15, 0.2) is 5.84 Å². The third-order valence-electron chi connectivity index (χ3n) is 3.04. The lowest BCUT2D eigenvalue weighted by atomic mass is 10.2. The largest absolute Gasteiger partial charge is 0.409 e. The number of hydrogen-bond donors (Lipinski definition) is 3. The van der Waals surface area contributed by atoms with Crippen LogP contribution in [0, 0.1) is 0 Å². The van der Waals surface area contributed by atoms with E-state index in [9.17, 15) is 4.79 Å². The van der Waals surface area contributed by atoms with E-state index in [1.165, 1.54) is 10.9 Å².